The van der Waals surface area contributed by atoms with Crippen molar-refractivity contribution < 1.29 is 9.90 Å². The van der Waals surface area contributed by atoms with Crippen LogP contribution in [0.15, 0.2) is 18.2 Å². The smallest absolute Gasteiger partial charge is 0.255 e. The minimum absolute atomic E-state index is 0.0550. The highest BCUT2D eigenvalue weighted by atomic mass is 16.3. The molecule has 19 heavy (non-hydrogen) atoms. The summed E-state index contributed by atoms with van der Waals surface area (Å²) in [5, 5.41) is 16.0. The second-order valence-electron chi connectivity index (χ2n) is 5.26. The van der Waals surface area contributed by atoms with E-state index in [2.05, 4.69) is 10.6 Å². The average molecular weight is 262 g/mol. The molecule has 1 amide bonds. The number of carbonyl (C=O) groups excluding carboxylic acids is 1. The largest absolute Gasteiger partial charge is 0.507 e. The summed E-state index contributed by atoms with van der Waals surface area (Å²) in [6.45, 7) is 4.73. The van der Waals surface area contributed by atoms with Crippen molar-refractivity contribution in [2.75, 3.05) is 19.6 Å². The van der Waals surface area contributed by atoms with Gasteiger partial charge in [0.25, 0.3) is 5.91 Å². The van der Waals surface area contributed by atoms with E-state index in [0.29, 0.717) is 18.0 Å². The third kappa shape index (κ3) is 3.96. The van der Waals surface area contributed by atoms with E-state index >= 15 is 0 Å². The Kier molecular flexibility index (Phi) is 4.80. The van der Waals surface area contributed by atoms with Crippen molar-refractivity contribution in [1.82, 2.24) is 10.6 Å². The molecule has 1 aromatic rings. The lowest BCUT2D eigenvalue weighted by Crippen LogP contribution is -2.31. The molecule has 104 valence electrons. The van der Waals surface area contributed by atoms with Crippen molar-refractivity contribution >= 4 is 5.91 Å². The Hall–Kier alpha value is -1.55. The van der Waals surface area contributed by atoms with Gasteiger partial charge in [-0.05, 0) is 62.9 Å². The number of hydrogen-bond donors (Lipinski definition) is 3. The van der Waals surface area contributed by atoms with Crippen LogP contribution < -0.4 is 10.6 Å². The van der Waals surface area contributed by atoms with E-state index in [1.807, 2.05) is 13.0 Å². The molecule has 1 aliphatic rings. The number of piperidine rings is 1. The van der Waals surface area contributed by atoms with Gasteiger partial charge in [0.1, 0.15) is 5.75 Å². The van der Waals surface area contributed by atoms with Crippen LogP contribution in [0.3, 0.4) is 0 Å². The van der Waals surface area contributed by atoms with Crippen molar-refractivity contribution in [3.05, 3.63) is 29.3 Å². The molecule has 1 heterocycles. The number of phenolic OH excluding ortho intramolecular Hbond substituents is 1. The molecule has 0 spiro atoms. The number of amides is 1. The highest BCUT2D eigenvalue weighted by Gasteiger charge is 2.14. The highest BCUT2D eigenvalue weighted by molar-refractivity contribution is 5.96. The maximum atomic E-state index is 11.9. The third-order valence-corrected chi connectivity index (χ3v) is 3.69. The minimum atomic E-state index is -0.188. The van der Waals surface area contributed by atoms with E-state index in [4.69, 9.17) is 0 Å². The zero-order valence-corrected chi connectivity index (χ0v) is 11.4. The summed E-state index contributed by atoms with van der Waals surface area (Å²) in [4.78, 5) is 11.9. The fraction of sp³-hybridized carbons (Fsp3) is 0.533. The molecule has 0 saturated carbocycles. The van der Waals surface area contributed by atoms with Crippen LogP contribution in [0.25, 0.3) is 0 Å². The number of rotatable bonds is 4. The van der Waals surface area contributed by atoms with Crippen LogP contribution in [0.1, 0.15) is 35.2 Å². The van der Waals surface area contributed by atoms with Crippen LogP contribution in [0.4, 0.5) is 0 Å². The van der Waals surface area contributed by atoms with Gasteiger partial charge in [0, 0.05) is 6.54 Å². The van der Waals surface area contributed by atoms with Gasteiger partial charge in [-0.1, -0.05) is 6.07 Å². The quantitative estimate of drug-likeness (QED) is 0.775. The highest BCUT2D eigenvalue weighted by Crippen LogP contribution is 2.19. The molecule has 0 atom stereocenters. The normalized spacial score (nSPS) is 16.3. The van der Waals surface area contributed by atoms with Gasteiger partial charge in [0.15, 0.2) is 0 Å². The van der Waals surface area contributed by atoms with Gasteiger partial charge >= 0.3 is 0 Å². The Morgan fingerprint density at radius 3 is 2.84 bits per heavy atom. The maximum Gasteiger partial charge on any atom is 0.255 e. The van der Waals surface area contributed by atoms with E-state index in [9.17, 15) is 9.90 Å². The number of phenols is 1. The summed E-state index contributed by atoms with van der Waals surface area (Å²) >= 11 is 0. The van der Waals surface area contributed by atoms with Crippen molar-refractivity contribution in [3.8, 4) is 5.75 Å². The lowest BCUT2D eigenvalue weighted by Gasteiger charge is -2.22. The Morgan fingerprint density at radius 1 is 1.42 bits per heavy atom. The molecule has 0 aliphatic carbocycles. The molecule has 2 rings (SSSR count). The molecule has 1 aromatic carbocycles. The van der Waals surface area contributed by atoms with Crippen LogP contribution in [0.2, 0.25) is 0 Å². The number of benzene rings is 1. The molecule has 0 bridgehead atoms. The fourth-order valence-corrected chi connectivity index (χ4v) is 2.49. The SMILES string of the molecule is Cc1ccc(C(=O)NCCC2CCNCC2)c(O)c1. The van der Waals surface area contributed by atoms with Gasteiger partial charge < -0.3 is 15.7 Å². The van der Waals surface area contributed by atoms with E-state index in [1.165, 1.54) is 12.8 Å². The second kappa shape index (κ2) is 6.57. The van der Waals surface area contributed by atoms with Crippen molar-refractivity contribution in [1.29, 1.82) is 0 Å². The monoisotopic (exact) mass is 262 g/mol. The molecule has 0 aromatic heterocycles. The van der Waals surface area contributed by atoms with Crippen LogP contribution in [0, 0.1) is 12.8 Å². The zero-order valence-electron chi connectivity index (χ0n) is 11.4. The molecule has 1 saturated heterocycles. The number of aryl methyl sites for hydroxylation is 1. The van der Waals surface area contributed by atoms with Crippen LogP contribution in [0.5, 0.6) is 5.75 Å². The lowest BCUT2D eigenvalue weighted by molar-refractivity contribution is 0.0948. The Morgan fingerprint density at radius 2 is 2.16 bits per heavy atom. The number of carbonyl (C=O) groups is 1. The van der Waals surface area contributed by atoms with Crippen LogP contribution in [-0.2, 0) is 0 Å². The van der Waals surface area contributed by atoms with E-state index in [1.54, 1.807) is 12.1 Å². The number of hydrogen-bond acceptors (Lipinski definition) is 3. The standard InChI is InChI=1S/C15H22N2O2/c1-11-2-3-13(14(18)10-11)15(19)17-9-6-12-4-7-16-8-5-12/h2-3,10,12,16,18H,4-9H2,1H3,(H,17,19). The van der Waals surface area contributed by atoms with Crippen molar-refractivity contribution in [2.24, 2.45) is 5.92 Å². The average Bonchev–Trinajstić information content (AvgIpc) is 2.39. The summed E-state index contributed by atoms with van der Waals surface area (Å²) < 4.78 is 0. The minimum Gasteiger partial charge on any atom is -0.507 e. The summed E-state index contributed by atoms with van der Waals surface area (Å²) in [6, 6.07) is 5.12. The predicted octanol–water partition coefficient (Wildman–Crippen LogP) is 1.82. The van der Waals surface area contributed by atoms with Crippen LogP contribution in [-0.4, -0.2) is 30.6 Å². The molecule has 4 nitrogen and oxygen atoms in total. The Balaban J connectivity index is 1.80. The zero-order chi connectivity index (χ0) is 13.7. The molecule has 4 heteroatoms. The summed E-state index contributed by atoms with van der Waals surface area (Å²) in [7, 11) is 0. The Labute approximate surface area is 114 Å². The van der Waals surface area contributed by atoms with E-state index in [0.717, 1.165) is 25.1 Å². The van der Waals surface area contributed by atoms with Crippen molar-refractivity contribution in [2.45, 2.75) is 26.2 Å². The van der Waals surface area contributed by atoms with Gasteiger partial charge in [-0.15, -0.1) is 0 Å². The first-order valence-electron chi connectivity index (χ1n) is 6.95. The summed E-state index contributed by atoms with van der Waals surface area (Å²) in [6.07, 6.45) is 3.39. The lowest BCUT2D eigenvalue weighted by atomic mass is 9.95. The number of aromatic hydroxyl groups is 1. The summed E-state index contributed by atoms with van der Waals surface area (Å²) in [5.74, 6) is 0.568. The predicted molar refractivity (Wildman–Crippen MR) is 75.4 cm³/mol. The van der Waals surface area contributed by atoms with Crippen LogP contribution >= 0.6 is 0 Å². The molecule has 3 N–H and O–H groups in total. The first-order chi connectivity index (χ1) is 9.16. The molecule has 1 aliphatic heterocycles. The van der Waals surface area contributed by atoms with E-state index < -0.39 is 0 Å². The first kappa shape index (κ1) is 13.9. The van der Waals surface area contributed by atoms with Crippen molar-refractivity contribution in [3.63, 3.8) is 0 Å². The van der Waals surface area contributed by atoms with Gasteiger partial charge in [-0.25, -0.2) is 0 Å². The Bertz CT molecular complexity index is 440. The van der Waals surface area contributed by atoms with Gasteiger partial charge in [-0.2, -0.15) is 0 Å². The third-order valence-electron chi connectivity index (χ3n) is 3.69. The maximum absolute atomic E-state index is 11.9. The molecule has 0 radical (unpaired) electrons. The topological polar surface area (TPSA) is 61.4 Å². The second-order valence-corrected chi connectivity index (χ2v) is 5.26. The van der Waals surface area contributed by atoms with Gasteiger partial charge in [0.2, 0.25) is 0 Å². The van der Waals surface area contributed by atoms with Gasteiger partial charge in [0.05, 0.1) is 5.56 Å². The van der Waals surface area contributed by atoms with E-state index in [-0.39, 0.29) is 11.7 Å². The molecule has 1 fully saturated rings. The molecular weight excluding hydrogens is 240 g/mol. The summed E-state index contributed by atoms with van der Waals surface area (Å²) in [5.41, 5.74) is 1.31. The molecular formula is C15H22N2O2. The number of nitrogens with one attached hydrogen (secondary N) is 2. The van der Waals surface area contributed by atoms with Gasteiger partial charge in [-0.3, -0.25) is 4.79 Å². The molecule has 0 unspecified atom stereocenters. The fourth-order valence-electron chi connectivity index (χ4n) is 2.49. The first-order valence-corrected chi connectivity index (χ1v) is 6.95.